The van der Waals surface area contributed by atoms with E-state index in [0.717, 1.165) is 11.8 Å². The number of amides is 1. The number of halogens is 2. The highest BCUT2D eigenvalue weighted by molar-refractivity contribution is 8.18. The molecule has 11 heteroatoms. The molecule has 2 aromatic carbocycles. The van der Waals surface area contributed by atoms with Crippen molar-refractivity contribution in [2.45, 2.75) is 0 Å². The number of carbonyl (C=O) groups excluding carboxylic acids is 1. The SMILES string of the molecule is COc1cc(OC)c([N+](=O)[O-])cc1/C=C1\SC(=Nc2cccc(Cl)c2Cl)NC1=O. The van der Waals surface area contributed by atoms with Crippen LogP contribution >= 0.6 is 35.0 Å². The average Bonchev–Trinajstić information content (AvgIpc) is 3.03. The lowest BCUT2D eigenvalue weighted by Crippen LogP contribution is -2.19. The summed E-state index contributed by atoms with van der Waals surface area (Å²) in [6, 6.07) is 7.64. The van der Waals surface area contributed by atoms with Gasteiger partial charge in [-0.3, -0.25) is 14.9 Å². The van der Waals surface area contributed by atoms with Crippen molar-refractivity contribution in [3.05, 3.63) is 61.0 Å². The summed E-state index contributed by atoms with van der Waals surface area (Å²) < 4.78 is 10.3. The number of nitro groups is 1. The zero-order chi connectivity index (χ0) is 21.1. The van der Waals surface area contributed by atoms with Crippen LogP contribution in [0.4, 0.5) is 11.4 Å². The Bertz CT molecular complexity index is 1070. The maximum Gasteiger partial charge on any atom is 0.311 e. The van der Waals surface area contributed by atoms with Crippen molar-refractivity contribution < 1.29 is 19.2 Å². The number of nitrogens with one attached hydrogen (secondary N) is 1. The van der Waals surface area contributed by atoms with Gasteiger partial charge < -0.3 is 14.8 Å². The molecule has 1 fully saturated rings. The number of nitrogens with zero attached hydrogens (tertiary/aromatic N) is 2. The van der Waals surface area contributed by atoms with Gasteiger partial charge in [-0.25, -0.2) is 4.99 Å². The van der Waals surface area contributed by atoms with E-state index in [1.807, 2.05) is 0 Å². The minimum Gasteiger partial charge on any atom is -0.496 e. The lowest BCUT2D eigenvalue weighted by atomic mass is 10.1. The van der Waals surface area contributed by atoms with Crippen LogP contribution in [0.2, 0.25) is 10.0 Å². The Morgan fingerprint density at radius 3 is 2.59 bits per heavy atom. The van der Waals surface area contributed by atoms with Gasteiger partial charge in [0.15, 0.2) is 5.17 Å². The van der Waals surface area contributed by atoms with E-state index >= 15 is 0 Å². The van der Waals surface area contributed by atoms with Crippen molar-refractivity contribution >= 4 is 63.5 Å². The van der Waals surface area contributed by atoms with Crippen molar-refractivity contribution in [3.8, 4) is 11.5 Å². The number of nitro benzene ring substituents is 1. The smallest absolute Gasteiger partial charge is 0.311 e. The zero-order valence-corrected chi connectivity index (χ0v) is 17.4. The number of hydrogen-bond acceptors (Lipinski definition) is 7. The molecular weight excluding hydrogens is 441 g/mol. The van der Waals surface area contributed by atoms with E-state index in [4.69, 9.17) is 32.7 Å². The Balaban J connectivity index is 1.98. The molecule has 0 atom stereocenters. The third-order valence-electron chi connectivity index (χ3n) is 3.82. The van der Waals surface area contributed by atoms with E-state index in [0.29, 0.717) is 27.2 Å². The molecule has 0 bridgehead atoms. The predicted octanol–water partition coefficient (Wildman–Crippen LogP) is 4.81. The van der Waals surface area contributed by atoms with Gasteiger partial charge in [0.2, 0.25) is 5.75 Å². The van der Waals surface area contributed by atoms with Gasteiger partial charge in [0.25, 0.3) is 5.91 Å². The summed E-state index contributed by atoms with van der Waals surface area (Å²) in [5, 5.41) is 14.8. The number of hydrogen-bond donors (Lipinski definition) is 1. The summed E-state index contributed by atoms with van der Waals surface area (Å²) in [5.74, 6) is -0.0422. The van der Waals surface area contributed by atoms with E-state index in [9.17, 15) is 14.9 Å². The first-order valence-corrected chi connectivity index (χ1v) is 9.55. The molecule has 1 aliphatic heterocycles. The Morgan fingerprint density at radius 2 is 1.93 bits per heavy atom. The van der Waals surface area contributed by atoms with E-state index in [2.05, 4.69) is 10.3 Å². The number of aliphatic imine (C=N–C) groups is 1. The monoisotopic (exact) mass is 453 g/mol. The molecule has 1 aliphatic rings. The molecule has 29 heavy (non-hydrogen) atoms. The minimum atomic E-state index is -0.573. The molecule has 1 heterocycles. The summed E-state index contributed by atoms with van der Waals surface area (Å²) in [7, 11) is 2.74. The highest BCUT2D eigenvalue weighted by atomic mass is 35.5. The van der Waals surface area contributed by atoms with Crippen molar-refractivity contribution in [2.75, 3.05) is 14.2 Å². The molecule has 0 aromatic heterocycles. The van der Waals surface area contributed by atoms with Crippen LogP contribution in [0.5, 0.6) is 11.5 Å². The van der Waals surface area contributed by atoms with Crippen molar-refractivity contribution in [1.82, 2.24) is 5.32 Å². The number of amidine groups is 1. The predicted molar refractivity (Wildman–Crippen MR) is 113 cm³/mol. The largest absolute Gasteiger partial charge is 0.496 e. The van der Waals surface area contributed by atoms with Crippen LogP contribution in [0.25, 0.3) is 6.08 Å². The van der Waals surface area contributed by atoms with Gasteiger partial charge in [-0.2, -0.15) is 0 Å². The van der Waals surface area contributed by atoms with Crippen LogP contribution in [0.1, 0.15) is 5.56 Å². The van der Waals surface area contributed by atoms with E-state index in [1.54, 1.807) is 18.2 Å². The Kier molecular flexibility index (Phi) is 6.31. The van der Waals surface area contributed by atoms with Crippen LogP contribution < -0.4 is 14.8 Å². The molecule has 1 amide bonds. The lowest BCUT2D eigenvalue weighted by Gasteiger charge is -2.08. The fourth-order valence-electron chi connectivity index (χ4n) is 2.47. The average molecular weight is 454 g/mol. The second-order valence-electron chi connectivity index (χ2n) is 5.58. The van der Waals surface area contributed by atoms with Crippen molar-refractivity contribution in [3.63, 3.8) is 0 Å². The molecule has 1 N–H and O–H groups in total. The van der Waals surface area contributed by atoms with Gasteiger partial charge in [0.1, 0.15) is 5.75 Å². The molecule has 3 rings (SSSR count). The fraction of sp³-hybridized carbons (Fsp3) is 0.111. The zero-order valence-electron chi connectivity index (χ0n) is 15.1. The second-order valence-corrected chi connectivity index (χ2v) is 7.39. The quantitative estimate of drug-likeness (QED) is 0.395. The molecule has 8 nitrogen and oxygen atoms in total. The number of methoxy groups -OCH3 is 2. The highest BCUT2D eigenvalue weighted by Gasteiger charge is 2.26. The summed E-state index contributed by atoms with van der Waals surface area (Å²) in [5.41, 5.74) is 0.503. The van der Waals surface area contributed by atoms with Crippen molar-refractivity contribution in [2.24, 2.45) is 4.99 Å². The standard InChI is InChI=1S/C18H13Cl2N3O5S/c1-27-13-8-14(28-2)12(23(25)26)6-9(13)7-15-17(24)22-18(29-15)21-11-5-3-4-10(19)16(11)20/h3-8H,1-2H3,(H,21,22,24)/b15-7-. The Morgan fingerprint density at radius 1 is 1.21 bits per heavy atom. The third kappa shape index (κ3) is 4.47. The number of thioether (sulfide) groups is 1. The second kappa shape index (κ2) is 8.73. The van der Waals surface area contributed by atoms with E-state index < -0.39 is 10.8 Å². The van der Waals surface area contributed by atoms with Gasteiger partial charge in [-0.1, -0.05) is 29.3 Å². The van der Waals surface area contributed by atoms with Gasteiger partial charge in [0, 0.05) is 17.7 Å². The third-order valence-corrected chi connectivity index (χ3v) is 5.54. The van der Waals surface area contributed by atoms with Crippen LogP contribution in [0.3, 0.4) is 0 Å². The first kappa shape index (κ1) is 21.0. The van der Waals surface area contributed by atoms with E-state index in [1.165, 1.54) is 32.4 Å². The molecule has 0 radical (unpaired) electrons. The number of ether oxygens (including phenoxy) is 2. The van der Waals surface area contributed by atoms with Crippen LogP contribution in [0, 0.1) is 10.1 Å². The van der Waals surface area contributed by atoms with Crippen LogP contribution in [0.15, 0.2) is 40.2 Å². The van der Waals surface area contributed by atoms with Gasteiger partial charge in [-0.05, 0) is 30.0 Å². The highest BCUT2D eigenvalue weighted by Crippen LogP contribution is 2.38. The molecule has 1 saturated heterocycles. The maximum absolute atomic E-state index is 12.3. The molecular formula is C18H13Cl2N3O5S. The molecule has 0 saturated carbocycles. The van der Waals surface area contributed by atoms with Gasteiger partial charge in [-0.15, -0.1) is 0 Å². The molecule has 150 valence electrons. The fourth-order valence-corrected chi connectivity index (χ4v) is 3.64. The first-order valence-electron chi connectivity index (χ1n) is 7.98. The summed E-state index contributed by atoms with van der Waals surface area (Å²) in [6.45, 7) is 0. The van der Waals surface area contributed by atoms with Crippen LogP contribution in [-0.4, -0.2) is 30.2 Å². The van der Waals surface area contributed by atoms with Gasteiger partial charge in [0.05, 0.1) is 39.8 Å². The molecule has 2 aromatic rings. The summed E-state index contributed by atoms with van der Waals surface area (Å²) in [6.07, 6.45) is 1.48. The molecule has 0 unspecified atom stereocenters. The first-order chi connectivity index (χ1) is 13.8. The summed E-state index contributed by atoms with van der Waals surface area (Å²) in [4.78, 5) is 27.6. The number of carbonyl (C=O) groups is 1. The molecule has 0 aliphatic carbocycles. The molecule has 0 spiro atoms. The number of rotatable bonds is 5. The number of benzene rings is 2. The normalized spacial score (nSPS) is 16.2. The van der Waals surface area contributed by atoms with E-state index in [-0.39, 0.29) is 21.4 Å². The summed E-state index contributed by atoms with van der Waals surface area (Å²) >= 11 is 13.2. The van der Waals surface area contributed by atoms with Crippen LogP contribution in [-0.2, 0) is 4.79 Å². The topological polar surface area (TPSA) is 103 Å². The minimum absolute atomic E-state index is 0.0513. The maximum atomic E-state index is 12.3. The Labute approximate surface area is 179 Å². The lowest BCUT2D eigenvalue weighted by molar-refractivity contribution is -0.385. The van der Waals surface area contributed by atoms with Crippen molar-refractivity contribution in [1.29, 1.82) is 0 Å². The Hall–Kier alpha value is -2.75. The van der Waals surface area contributed by atoms with Gasteiger partial charge >= 0.3 is 5.69 Å².